The van der Waals surface area contributed by atoms with Crippen molar-refractivity contribution in [3.05, 3.63) is 30.2 Å². The van der Waals surface area contributed by atoms with Gasteiger partial charge in [-0.2, -0.15) is 4.98 Å². The van der Waals surface area contributed by atoms with E-state index < -0.39 is 11.5 Å². The van der Waals surface area contributed by atoms with Crippen LogP contribution in [0.3, 0.4) is 0 Å². The first kappa shape index (κ1) is 15.4. The third kappa shape index (κ3) is 1.87. The van der Waals surface area contributed by atoms with E-state index in [0.717, 1.165) is 4.90 Å². The summed E-state index contributed by atoms with van der Waals surface area (Å²) >= 11 is 0. The number of amides is 2. The molecule has 2 aliphatic heterocycles. The van der Waals surface area contributed by atoms with Gasteiger partial charge in [-0.05, 0) is 18.2 Å². The molecule has 2 aliphatic rings. The van der Waals surface area contributed by atoms with Crippen molar-refractivity contribution in [2.24, 2.45) is 0 Å². The van der Waals surface area contributed by atoms with E-state index >= 15 is 0 Å². The van der Waals surface area contributed by atoms with Crippen LogP contribution >= 0.6 is 0 Å². The number of anilines is 4. The molecule has 1 aromatic carbocycles. The molecule has 0 atom stereocenters. The second kappa shape index (κ2) is 4.84. The average molecular weight is 367 g/mol. The lowest BCUT2D eigenvalue weighted by atomic mass is 9.77. The summed E-state index contributed by atoms with van der Waals surface area (Å²) in [7, 11) is 0. The van der Waals surface area contributed by atoms with Crippen molar-refractivity contribution in [1.82, 2.24) is 19.9 Å². The van der Waals surface area contributed by atoms with Crippen LogP contribution in [0.2, 0.25) is 0 Å². The molecular weight excluding hydrogens is 354 g/mol. The molecule has 1 spiro atoms. The van der Waals surface area contributed by atoms with Crippen molar-refractivity contribution in [3.63, 3.8) is 0 Å². The fourth-order valence-corrected chi connectivity index (χ4v) is 3.72. The predicted molar refractivity (Wildman–Crippen MR) is 93.3 cm³/mol. The summed E-state index contributed by atoms with van der Waals surface area (Å²) in [6.07, 6.45) is 0.187. The Balaban J connectivity index is 1.67. The molecule has 3 aromatic rings. The van der Waals surface area contributed by atoms with Gasteiger partial charge in [-0.3, -0.25) is 9.69 Å². The molecule has 136 valence electrons. The molecule has 11 heteroatoms. The minimum Gasteiger partial charge on any atom is -0.465 e. The maximum absolute atomic E-state index is 13.3. The molecule has 0 saturated carbocycles. The van der Waals surface area contributed by atoms with E-state index in [0.29, 0.717) is 28.2 Å². The Hall–Kier alpha value is -3.89. The molecule has 0 unspecified atom stereocenters. The zero-order chi connectivity index (χ0) is 18.9. The molecule has 5 N–H and O–H groups in total. The van der Waals surface area contributed by atoms with Crippen LogP contribution in [0.1, 0.15) is 5.69 Å². The third-order valence-electron chi connectivity index (χ3n) is 4.98. The van der Waals surface area contributed by atoms with Crippen molar-refractivity contribution >= 4 is 46.3 Å². The van der Waals surface area contributed by atoms with Crippen LogP contribution in [-0.2, 0) is 10.2 Å². The van der Waals surface area contributed by atoms with Gasteiger partial charge in [0.1, 0.15) is 22.9 Å². The smallest absolute Gasteiger partial charge is 0.407 e. The van der Waals surface area contributed by atoms with Crippen LogP contribution in [0.5, 0.6) is 0 Å². The highest BCUT2D eigenvalue weighted by molar-refractivity contribution is 6.16. The number of nitrogens with two attached hydrogens (primary N) is 2. The van der Waals surface area contributed by atoms with Gasteiger partial charge in [-0.15, -0.1) is 0 Å². The monoisotopic (exact) mass is 367 g/mol. The van der Waals surface area contributed by atoms with Crippen LogP contribution in [0.25, 0.3) is 11.1 Å². The third-order valence-corrected chi connectivity index (χ3v) is 4.98. The number of hydrogen-bond acceptors (Lipinski definition) is 8. The Kier molecular flexibility index (Phi) is 2.76. The van der Waals surface area contributed by atoms with Crippen LogP contribution in [0.15, 0.2) is 28.9 Å². The van der Waals surface area contributed by atoms with Crippen LogP contribution in [0, 0.1) is 0 Å². The number of benzene rings is 1. The fraction of sp³-hybridized carbons (Fsp3) is 0.188. The van der Waals surface area contributed by atoms with Gasteiger partial charge in [0.15, 0.2) is 11.4 Å². The number of carbonyl (C=O) groups is 2. The summed E-state index contributed by atoms with van der Waals surface area (Å²) in [6.45, 7) is 0.0283. The van der Waals surface area contributed by atoms with E-state index in [4.69, 9.17) is 15.9 Å². The second-order valence-electron chi connectivity index (χ2n) is 6.52. The van der Waals surface area contributed by atoms with Gasteiger partial charge in [-0.25, -0.2) is 14.8 Å². The first-order chi connectivity index (χ1) is 12.9. The van der Waals surface area contributed by atoms with E-state index in [1.54, 1.807) is 18.2 Å². The van der Waals surface area contributed by atoms with Crippen molar-refractivity contribution in [1.29, 1.82) is 0 Å². The number of hydrogen-bond donors (Lipinski definition) is 3. The van der Waals surface area contributed by atoms with E-state index in [9.17, 15) is 14.7 Å². The number of carboxylic acid groups (broad SMARTS) is 1. The highest BCUT2D eigenvalue weighted by Gasteiger charge is 2.61. The molecular formula is C16H13N7O4. The van der Waals surface area contributed by atoms with E-state index in [1.807, 2.05) is 0 Å². The fourth-order valence-electron chi connectivity index (χ4n) is 3.72. The molecule has 2 aromatic heterocycles. The number of nitrogens with zero attached hydrogens (tertiary/aromatic N) is 5. The van der Waals surface area contributed by atoms with Crippen molar-refractivity contribution in [2.75, 3.05) is 29.5 Å². The summed E-state index contributed by atoms with van der Waals surface area (Å²) in [6, 6.07) is 4.99. The molecule has 2 amide bonds. The van der Waals surface area contributed by atoms with Gasteiger partial charge >= 0.3 is 6.09 Å². The summed E-state index contributed by atoms with van der Waals surface area (Å²) in [5.74, 6) is -0.170. The number of fused-ring (bicyclic) bond motifs is 3. The van der Waals surface area contributed by atoms with Crippen molar-refractivity contribution in [2.45, 2.75) is 5.41 Å². The largest absolute Gasteiger partial charge is 0.465 e. The summed E-state index contributed by atoms with van der Waals surface area (Å²) in [4.78, 5) is 39.5. The standard InChI is InChI=1S/C16H13N7O4/c17-12-10-11(19-6-20-12)16(4-22(5-16)15(25)26)13(24)23(10)7-1-2-9-8(3-7)21-14(18)27-9/h1-3,6H,4-5H2,(H2,18,21)(H,25,26)(H2,17,19,20). The van der Waals surface area contributed by atoms with Gasteiger partial charge in [-0.1, -0.05) is 0 Å². The first-order valence-electron chi connectivity index (χ1n) is 8.00. The SMILES string of the molecule is Nc1nc2cc(N3C(=O)C4(CN(C(=O)O)C4)c4ncnc(N)c43)ccc2o1. The number of nitrogen functional groups attached to an aromatic ring is 2. The lowest BCUT2D eigenvalue weighted by Gasteiger charge is -2.44. The molecule has 1 fully saturated rings. The molecule has 0 radical (unpaired) electrons. The summed E-state index contributed by atoms with van der Waals surface area (Å²) < 4.78 is 5.26. The van der Waals surface area contributed by atoms with Crippen LogP contribution in [0.4, 0.5) is 28.0 Å². The Morgan fingerprint density at radius 3 is 2.78 bits per heavy atom. The zero-order valence-corrected chi connectivity index (χ0v) is 13.8. The van der Waals surface area contributed by atoms with Crippen LogP contribution < -0.4 is 16.4 Å². The van der Waals surface area contributed by atoms with Crippen molar-refractivity contribution in [3.8, 4) is 0 Å². The number of likely N-dealkylation sites (tertiary alicyclic amines) is 1. The van der Waals surface area contributed by atoms with E-state index in [2.05, 4.69) is 15.0 Å². The molecule has 11 nitrogen and oxygen atoms in total. The normalized spacial score (nSPS) is 17.4. The van der Waals surface area contributed by atoms with Gasteiger partial charge in [0.2, 0.25) is 5.91 Å². The molecule has 27 heavy (non-hydrogen) atoms. The molecule has 0 bridgehead atoms. The number of aromatic nitrogens is 3. The summed E-state index contributed by atoms with van der Waals surface area (Å²) in [5, 5.41) is 9.18. The second-order valence-corrected chi connectivity index (χ2v) is 6.52. The molecule has 5 rings (SSSR count). The first-order valence-corrected chi connectivity index (χ1v) is 8.00. The lowest BCUT2D eigenvalue weighted by Crippen LogP contribution is -2.65. The highest BCUT2D eigenvalue weighted by atomic mass is 16.4. The minimum atomic E-state index is -1.09. The average Bonchev–Trinajstić information content (AvgIpc) is 3.07. The Morgan fingerprint density at radius 2 is 2.04 bits per heavy atom. The van der Waals surface area contributed by atoms with Gasteiger partial charge in [0.25, 0.3) is 6.01 Å². The molecule has 0 aliphatic carbocycles. The maximum atomic E-state index is 13.3. The molecule has 1 saturated heterocycles. The zero-order valence-electron chi connectivity index (χ0n) is 13.8. The topological polar surface area (TPSA) is 165 Å². The number of carbonyl (C=O) groups excluding carboxylic acids is 1. The highest BCUT2D eigenvalue weighted by Crippen LogP contribution is 2.50. The van der Waals surface area contributed by atoms with Gasteiger partial charge in [0, 0.05) is 13.1 Å². The van der Waals surface area contributed by atoms with E-state index in [1.165, 1.54) is 11.2 Å². The van der Waals surface area contributed by atoms with Gasteiger partial charge in [0.05, 0.1) is 11.4 Å². The predicted octanol–water partition coefficient (Wildman–Crippen LogP) is 0.692. The van der Waals surface area contributed by atoms with Crippen molar-refractivity contribution < 1.29 is 19.1 Å². The minimum absolute atomic E-state index is 0.0142. The number of oxazole rings is 1. The Labute approximate surface area is 151 Å². The Bertz CT molecular complexity index is 1130. The molecule has 4 heterocycles. The summed E-state index contributed by atoms with van der Waals surface area (Å²) in [5.41, 5.74) is 12.8. The van der Waals surface area contributed by atoms with Crippen LogP contribution in [-0.4, -0.2) is 50.0 Å². The van der Waals surface area contributed by atoms with E-state index in [-0.39, 0.29) is 30.8 Å². The maximum Gasteiger partial charge on any atom is 0.407 e. The number of rotatable bonds is 1. The van der Waals surface area contributed by atoms with Gasteiger partial charge < -0.3 is 25.9 Å². The quantitative estimate of drug-likeness (QED) is 0.561. The lowest BCUT2D eigenvalue weighted by molar-refractivity contribution is -0.127. The Morgan fingerprint density at radius 1 is 1.26 bits per heavy atom.